The maximum absolute atomic E-state index is 12.6. The Morgan fingerprint density at radius 3 is 2.12 bits per heavy atom. The molecule has 0 aliphatic heterocycles. The Morgan fingerprint density at radius 2 is 1.54 bits per heavy atom. The number of ether oxygens (including phenoxy) is 1. The van der Waals surface area contributed by atoms with Gasteiger partial charge in [-0.1, -0.05) is 6.07 Å². The minimum atomic E-state index is -0.779. The Kier molecular flexibility index (Phi) is 6.03. The van der Waals surface area contributed by atoms with Crippen molar-refractivity contribution in [3.63, 3.8) is 0 Å². The maximum atomic E-state index is 12.6. The molecule has 132 valence electrons. The molecular weight excluding hydrogens is 302 g/mol. The molecule has 0 N–H and O–H groups in total. The lowest BCUT2D eigenvalue weighted by Gasteiger charge is -2.32. The molecule has 1 aliphatic rings. The van der Waals surface area contributed by atoms with Gasteiger partial charge in [0.25, 0.3) is 5.91 Å². The van der Waals surface area contributed by atoms with Crippen molar-refractivity contribution in [1.29, 1.82) is 0 Å². The largest absolute Gasteiger partial charge is 0.449 e. The molecule has 1 unspecified atom stereocenters. The number of carbonyl (C=O) groups excluding carboxylic acids is 2. The molecule has 0 saturated heterocycles. The van der Waals surface area contributed by atoms with Crippen LogP contribution in [0.25, 0.3) is 0 Å². The minimum Gasteiger partial charge on any atom is -0.449 e. The van der Waals surface area contributed by atoms with Crippen molar-refractivity contribution < 1.29 is 14.3 Å². The van der Waals surface area contributed by atoms with Crippen LogP contribution in [-0.2, 0) is 22.4 Å². The number of benzene rings is 1. The van der Waals surface area contributed by atoms with Crippen molar-refractivity contribution in [2.45, 2.75) is 78.5 Å². The van der Waals surface area contributed by atoms with Gasteiger partial charge in [0, 0.05) is 12.1 Å². The summed E-state index contributed by atoms with van der Waals surface area (Å²) in [7, 11) is 0. The predicted octanol–water partition coefficient (Wildman–Crippen LogP) is 3.76. The number of hydrogen-bond acceptors (Lipinski definition) is 3. The third-order valence-electron chi connectivity index (χ3n) is 4.58. The third kappa shape index (κ3) is 4.16. The van der Waals surface area contributed by atoms with E-state index in [-0.39, 0.29) is 18.0 Å². The van der Waals surface area contributed by atoms with Crippen molar-refractivity contribution >= 4 is 11.9 Å². The van der Waals surface area contributed by atoms with Crippen LogP contribution in [0.15, 0.2) is 18.2 Å². The van der Waals surface area contributed by atoms with E-state index in [4.69, 9.17) is 4.74 Å². The average molecular weight is 331 g/mol. The number of hydrogen-bond donors (Lipinski definition) is 0. The van der Waals surface area contributed by atoms with Gasteiger partial charge in [0.1, 0.15) is 0 Å². The summed E-state index contributed by atoms with van der Waals surface area (Å²) in [5.74, 6) is -0.567. The number of fused-ring (bicyclic) bond motifs is 1. The molecule has 1 aromatic rings. The maximum Gasteiger partial charge on any atom is 0.338 e. The van der Waals surface area contributed by atoms with Crippen LogP contribution in [0.4, 0.5) is 0 Å². The van der Waals surface area contributed by atoms with Gasteiger partial charge in [-0.05, 0) is 83.6 Å². The summed E-state index contributed by atoms with van der Waals surface area (Å²) < 4.78 is 5.44. The van der Waals surface area contributed by atoms with Crippen LogP contribution >= 0.6 is 0 Å². The predicted molar refractivity (Wildman–Crippen MR) is 95.1 cm³/mol. The zero-order valence-electron chi connectivity index (χ0n) is 15.5. The molecule has 4 nitrogen and oxygen atoms in total. The van der Waals surface area contributed by atoms with Crippen molar-refractivity contribution in [2.24, 2.45) is 0 Å². The number of aryl methyl sites for hydroxylation is 2. The number of esters is 1. The first-order valence-corrected chi connectivity index (χ1v) is 8.96. The van der Waals surface area contributed by atoms with Gasteiger partial charge in [-0.25, -0.2) is 4.79 Å². The van der Waals surface area contributed by atoms with Gasteiger partial charge in [0.15, 0.2) is 6.10 Å². The Bertz CT molecular complexity index is 599. The summed E-state index contributed by atoms with van der Waals surface area (Å²) >= 11 is 0. The van der Waals surface area contributed by atoms with Crippen LogP contribution < -0.4 is 0 Å². The Hall–Kier alpha value is -1.84. The van der Waals surface area contributed by atoms with Gasteiger partial charge in [-0.15, -0.1) is 0 Å². The zero-order valence-corrected chi connectivity index (χ0v) is 15.5. The highest BCUT2D eigenvalue weighted by Gasteiger charge is 2.28. The van der Waals surface area contributed by atoms with Crippen molar-refractivity contribution in [3.8, 4) is 0 Å². The van der Waals surface area contributed by atoms with Gasteiger partial charge in [0.05, 0.1) is 5.56 Å². The molecule has 0 saturated carbocycles. The molecule has 0 bridgehead atoms. The fourth-order valence-corrected chi connectivity index (χ4v) is 3.45. The standard InChI is InChI=1S/C20H29NO3/c1-13(2)21(14(3)4)19(22)15(5)24-20(23)18-11-10-16-8-6-7-9-17(16)12-18/h10-15H,6-9H2,1-5H3. The number of rotatable bonds is 5. The second-order valence-corrected chi connectivity index (χ2v) is 7.17. The van der Waals surface area contributed by atoms with Crippen molar-refractivity contribution in [1.82, 2.24) is 4.90 Å². The van der Waals surface area contributed by atoms with Crippen LogP contribution in [0, 0.1) is 0 Å². The summed E-state index contributed by atoms with van der Waals surface area (Å²) in [6, 6.07) is 5.90. The summed E-state index contributed by atoms with van der Waals surface area (Å²) in [6.07, 6.45) is 3.69. The van der Waals surface area contributed by atoms with E-state index < -0.39 is 12.1 Å². The summed E-state index contributed by atoms with van der Waals surface area (Å²) in [5.41, 5.74) is 3.10. The Morgan fingerprint density at radius 1 is 0.958 bits per heavy atom. The van der Waals surface area contributed by atoms with E-state index in [1.54, 1.807) is 11.8 Å². The van der Waals surface area contributed by atoms with Gasteiger partial charge in [-0.3, -0.25) is 4.79 Å². The lowest BCUT2D eigenvalue weighted by molar-refractivity contribution is -0.143. The highest BCUT2D eigenvalue weighted by Crippen LogP contribution is 2.23. The molecule has 24 heavy (non-hydrogen) atoms. The first-order chi connectivity index (χ1) is 11.3. The highest BCUT2D eigenvalue weighted by molar-refractivity contribution is 5.92. The smallest absolute Gasteiger partial charge is 0.338 e. The molecule has 1 aromatic carbocycles. The topological polar surface area (TPSA) is 46.6 Å². The van der Waals surface area contributed by atoms with Gasteiger partial charge < -0.3 is 9.64 Å². The fraction of sp³-hybridized carbons (Fsp3) is 0.600. The quantitative estimate of drug-likeness (QED) is 0.772. The molecule has 1 atom stereocenters. The van der Waals surface area contributed by atoms with E-state index in [1.807, 2.05) is 45.9 Å². The first kappa shape index (κ1) is 18.5. The average Bonchev–Trinajstić information content (AvgIpc) is 2.53. The molecule has 0 fully saturated rings. The van der Waals surface area contributed by atoms with Crippen LogP contribution in [0.3, 0.4) is 0 Å². The fourth-order valence-electron chi connectivity index (χ4n) is 3.45. The lowest BCUT2D eigenvalue weighted by Crippen LogP contribution is -2.47. The van der Waals surface area contributed by atoms with Crippen LogP contribution in [0.5, 0.6) is 0 Å². The van der Waals surface area contributed by atoms with Crippen LogP contribution in [0.2, 0.25) is 0 Å². The third-order valence-corrected chi connectivity index (χ3v) is 4.58. The Labute approximate surface area is 145 Å². The Balaban J connectivity index is 2.07. The summed E-state index contributed by atoms with van der Waals surface area (Å²) in [6.45, 7) is 9.52. The molecule has 0 aromatic heterocycles. The SMILES string of the molecule is CC(OC(=O)c1ccc2c(c1)CCCC2)C(=O)N(C(C)C)C(C)C. The molecule has 0 radical (unpaired) electrons. The lowest BCUT2D eigenvalue weighted by atomic mass is 9.90. The zero-order chi connectivity index (χ0) is 17.9. The van der Waals surface area contributed by atoms with E-state index in [0.29, 0.717) is 5.56 Å². The van der Waals surface area contributed by atoms with Gasteiger partial charge >= 0.3 is 5.97 Å². The van der Waals surface area contributed by atoms with Gasteiger partial charge in [0.2, 0.25) is 0 Å². The number of nitrogens with zero attached hydrogens (tertiary/aromatic N) is 1. The van der Waals surface area contributed by atoms with E-state index in [2.05, 4.69) is 0 Å². The van der Waals surface area contributed by atoms with E-state index in [0.717, 1.165) is 19.3 Å². The second kappa shape index (κ2) is 7.82. The normalized spacial score (nSPS) is 15.1. The minimum absolute atomic E-state index is 0.0717. The molecule has 1 aliphatic carbocycles. The van der Waals surface area contributed by atoms with Crippen molar-refractivity contribution in [3.05, 3.63) is 34.9 Å². The molecule has 0 spiro atoms. The molecular formula is C20H29NO3. The number of carbonyl (C=O) groups is 2. The monoisotopic (exact) mass is 331 g/mol. The van der Waals surface area contributed by atoms with Crippen molar-refractivity contribution in [2.75, 3.05) is 0 Å². The van der Waals surface area contributed by atoms with E-state index >= 15 is 0 Å². The van der Waals surface area contributed by atoms with E-state index in [9.17, 15) is 9.59 Å². The molecule has 0 heterocycles. The second-order valence-electron chi connectivity index (χ2n) is 7.17. The summed E-state index contributed by atoms with van der Waals surface area (Å²) in [4.78, 5) is 26.7. The first-order valence-electron chi connectivity index (χ1n) is 8.96. The van der Waals surface area contributed by atoms with Gasteiger partial charge in [-0.2, -0.15) is 0 Å². The molecule has 1 amide bonds. The van der Waals surface area contributed by atoms with Crippen LogP contribution in [-0.4, -0.2) is 35.0 Å². The molecule has 2 rings (SSSR count). The van der Waals surface area contributed by atoms with E-state index in [1.165, 1.54) is 17.5 Å². The number of amides is 1. The van der Waals surface area contributed by atoms with Crippen LogP contribution in [0.1, 0.15) is 68.9 Å². The summed E-state index contributed by atoms with van der Waals surface area (Å²) in [5, 5.41) is 0. The molecule has 4 heteroatoms. The highest BCUT2D eigenvalue weighted by atomic mass is 16.5.